The molecule has 1 aliphatic carbocycles. The molecule has 4 N–H and O–H groups in total. The van der Waals surface area contributed by atoms with E-state index in [9.17, 15) is 14.4 Å². The number of ether oxygens (including phenoxy) is 1. The average molecular weight is 664 g/mol. The second-order valence-corrected chi connectivity index (χ2v) is 14.0. The van der Waals surface area contributed by atoms with Crippen molar-refractivity contribution >= 4 is 23.4 Å². The first-order valence-electron chi connectivity index (χ1n) is 18.0. The number of anilines is 1. The first kappa shape index (κ1) is 39.0. The molecule has 3 rings (SSSR count). The first-order valence-corrected chi connectivity index (χ1v) is 18.0. The largest absolute Gasteiger partial charge is 0.387 e. The number of aryl methyl sites for hydroxylation is 1. The Bertz CT molecular complexity index is 1270. The molecule has 1 aromatic rings. The van der Waals surface area contributed by atoms with Crippen molar-refractivity contribution in [3.8, 4) is 0 Å². The normalized spacial score (nSPS) is 16.5. The number of carbonyl (C=O) groups excluding carboxylic acids is 3. The van der Waals surface area contributed by atoms with Crippen LogP contribution in [0.3, 0.4) is 0 Å². The number of nitrogens with zero attached hydrogens (tertiary/aromatic N) is 1. The molecule has 0 aromatic heterocycles. The van der Waals surface area contributed by atoms with Gasteiger partial charge in [0.1, 0.15) is 0 Å². The summed E-state index contributed by atoms with van der Waals surface area (Å²) < 4.78 is 6.06. The Balaban J connectivity index is 1.33. The van der Waals surface area contributed by atoms with Crippen molar-refractivity contribution in [1.29, 1.82) is 0 Å². The molecule has 2 aliphatic rings. The van der Waals surface area contributed by atoms with Gasteiger partial charge in [-0.15, -0.1) is 0 Å². The second-order valence-electron chi connectivity index (χ2n) is 14.0. The van der Waals surface area contributed by atoms with Crippen molar-refractivity contribution in [2.24, 2.45) is 0 Å². The van der Waals surface area contributed by atoms with Crippen LogP contribution in [0, 0.1) is 0 Å². The third kappa shape index (κ3) is 13.2. The van der Waals surface area contributed by atoms with Gasteiger partial charge in [-0.05, 0) is 103 Å². The van der Waals surface area contributed by atoms with Crippen molar-refractivity contribution in [3.05, 3.63) is 65.9 Å². The molecule has 3 atom stereocenters. The van der Waals surface area contributed by atoms with E-state index in [2.05, 4.69) is 53.0 Å². The third-order valence-electron chi connectivity index (χ3n) is 9.50. The molecule has 1 heterocycles. The summed E-state index contributed by atoms with van der Waals surface area (Å²) in [4.78, 5) is 40.6. The molecular formula is C39H61N5O4. The van der Waals surface area contributed by atoms with Crippen LogP contribution in [-0.2, 0) is 25.5 Å². The molecular weight excluding hydrogens is 602 g/mol. The maximum atomic E-state index is 13.5. The number of benzene rings is 1. The summed E-state index contributed by atoms with van der Waals surface area (Å²) in [6.07, 6.45) is 15.7. The number of amides is 3. The molecule has 1 aliphatic heterocycles. The van der Waals surface area contributed by atoms with Gasteiger partial charge in [-0.25, -0.2) is 0 Å². The molecule has 0 spiro atoms. The van der Waals surface area contributed by atoms with E-state index in [0.717, 1.165) is 57.1 Å². The van der Waals surface area contributed by atoms with Crippen LogP contribution < -0.4 is 26.2 Å². The van der Waals surface area contributed by atoms with Gasteiger partial charge in [0.15, 0.2) is 0 Å². The van der Waals surface area contributed by atoms with E-state index >= 15 is 0 Å². The summed E-state index contributed by atoms with van der Waals surface area (Å²) in [5.74, 6) is -0.0725. The summed E-state index contributed by atoms with van der Waals surface area (Å²) in [5.41, 5.74) is 4.20. The van der Waals surface area contributed by atoms with Crippen LogP contribution in [0.25, 0.3) is 0 Å². The van der Waals surface area contributed by atoms with Crippen LogP contribution in [0.4, 0.5) is 5.69 Å². The summed E-state index contributed by atoms with van der Waals surface area (Å²) in [6.45, 7) is 13.0. The Morgan fingerprint density at radius 2 is 1.81 bits per heavy atom. The lowest BCUT2D eigenvalue weighted by Gasteiger charge is -2.30. The molecule has 0 saturated heterocycles. The fourth-order valence-electron chi connectivity index (χ4n) is 6.49. The van der Waals surface area contributed by atoms with E-state index in [1.54, 1.807) is 6.20 Å². The molecule has 9 nitrogen and oxygen atoms in total. The van der Waals surface area contributed by atoms with Gasteiger partial charge in [0.05, 0.1) is 18.6 Å². The number of para-hydroxylation sites is 1. The Labute approximate surface area is 289 Å². The van der Waals surface area contributed by atoms with Crippen LogP contribution in [0.1, 0.15) is 104 Å². The number of allylic oxidation sites excluding steroid dienone is 2. The highest BCUT2D eigenvalue weighted by molar-refractivity contribution is 5.95. The van der Waals surface area contributed by atoms with Gasteiger partial charge in [-0.2, -0.15) is 0 Å². The highest BCUT2D eigenvalue weighted by Gasteiger charge is 2.26. The summed E-state index contributed by atoms with van der Waals surface area (Å²) in [5, 5.41) is 12.6. The van der Waals surface area contributed by atoms with Gasteiger partial charge in [0, 0.05) is 49.8 Å². The Morgan fingerprint density at radius 1 is 1.02 bits per heavy atom. The Kier molecular flexibility index (Phi) is 16.4. The van der Waals surface area contributed by atoms with Crippen molar-refractivity contribution < 1.29 is 19.1 Å². The number of unbranched alkanes of at least 4 members (excludes halogenated alkanes) is 2. The molecule has 0 fully saturated rings. The minimum Gasteiger partial charge on any atom is -0.387 e. The van der Waals surface area contributed by atoms with Crippen molar-refractivity contribution in [2.75, 3.05) is 31.6 Å². The smallest absolute Gasteiger partial charge is 0.229 e. The highest BCUT2D eigenvalue weighted by atomic mass is 16.5. The third-order valence-corrected chi connectivity index (χ3v) is 9.50. The van der Waals surface area contributed by atoms with Crippen LogP contribution in [0.2, 0.25) is 0 Å². The predicted octanol–water partition coefficient (Wildman–Crippen LogP) is 5.86. The quantitative estimate of drug-likeness (QED) is 0.130. The van der Waals surface area contributed by atoms with Crippen molar-refractivity contribution in [3.63, 3.8) is 0 Å². The molecule has 1 aromatic carbocycles. The number of hydrogen-bond acceptors (Lipinski definition) is 6. The molecule has 9 heteroatoms. The standard InChI is InChI=1S/C39H61N5O4/c1-7-41-34(30(3)40-6)18-9-8-10-20-36(45)43-29(2)24-26-48-39(4,5)27-37(46)42-25-23-38(47)44-28-33-17-12-11-15-31(33)21-22-32-16-13-14-19-35(32)44/h7,12-14,16-17,19,29-30,34,40-41H,1,8-11,15,18,20-28H2,2-6H3,(H,42,46)(H,43,45). The lowest BCUT2D eigenvalue weighted by Crippen LogP contribution is -2.42. The minimum atomic E-state index is -0.668. The summed E-state index contributed by atoms with van der Waals surface area (Å²) >= 11 is 0. The molecule has 3 unspecified atom stereocenters. The van der Waals surface area contributed by atoms with Crippen LogP contribution in [-0.4, -0.2) is 68.2 Å². The maximum Gasteiger partial charge on any atom is 0.229 e. The van der Waals surface area contributed by atoms with Gasteiger partial charge >= 0.3 is 0 Å². The lowest BCUT2D eigenvalue weighted by molar-refractivity contribution is -0.127. The topological polar surface area (TPSA) is 112 Å². The summed E-state index contributed by atoms with van der Waals surface area (Å²) in [7, 11) is 1.96. The monoisotopic (exact) mass is 663 g/mol. The lowest BCUT2D eigenvalue weighted by atomic mass is 9.89. The average Bonchev–Trinajstić information content (AvgIpc) is 3.04. The molecule has 48 heavy (non-hydrogen) atoms. The second kappa shape index (κ2) is 20.2. The van der Waals surface area contributed by atoms with Crippen LogP contribution in [0.5, 0.6) is 0 Å². The van der Waals surface area contributed by atoms with Crippen molar-refractivity contribution in [1.82, 2.24) is 21.3 Å². The summed E-state index contributed by atoms with van der Waals surface area (Å²) in [6, 6.07) is 8.83. The fraction of sp³-hybridized carbons (Fsp3) is 0.615. The fourth-order valence-corrected chi connectivity index (χ4v) is 6.49. The SMILES string of the molecule is C=CNC(CCCCCC(=O)NC(C)CCOC(C)(C)CC(=O)NCCC(=O)N1CC2=C(CCC=C2)CCc2ccccc21)C(C)NC. The zero-order valence-corrected chi connectivity index (χ0v) is 30.2. The van der Waals surface area contributed by atoms with Gasteiger partial charge in [-0.1, -0.05) is 55.3 Å². The zero-order valence-electron chi connectivity index (χ0n) is 30.2. The molecule has 3 amide bonds. The zero-order chi connectivity index (χ0) is 34.9. The van der Waals surface area contributed by atoms with Gasteiger partial charge < -0.3 is 30.9 Å². The van der Waals surface area contributed by atoms with Crippen LogP contribution >= 0.6 is 0 Å². The molecule has 0 radical (unpaired) electrons. The van der Waals surface area contributed by atoms with E-state index < -0.39 is 5.60 Å². The van der Waals surface area contributed by atoms with E-state index in [4.69, 9.17) is 4.74 Å². The highest BCUT2D eigenvalue weighted by Crippen LogP contribution is 2.32. The predicted molar refractivity (Wildman–Crippen MR) is 196 cm³/mol. The van der Waals surface area contributed by atoms with Gasteiger partial charge in [0.25, 0.3) is 0 Å². The Morgan fingerprint density at radius 3 is 2.58 bits per heavy atom. The maximum absolute atomic E-state index is 13.5. The molecule has 0 saturated carbocycles. The van der Waals surface area contributed by atoms with Gasteiger partial charge in [0.2, 0.25) is 17.7 Å². The van der Waals surface area contributed by atoms with E-state index in [1.165, 1.54) is 16.7 Å². The Hall–Kier alpha value is -3.43. The minimum absolute atomic E-state index is 0.00985. The number of nitrogens with one attached hydrogen (secondary N) is 4. The number of rotatable bonds is 20. The van der Waals surface area contributed by atoms with Crippen LogP contribution in [0.15, 0.2) is 60.3 Å². The van der Waals surface area contributed by atoms with E-state index in [-0.39, 0.29) is 43.1 Å². The number of carbonyl (C=O) groups is 3. The molecule has 0 bridgehead atoms. The van der Waals surface area contributed by atoms with E-state index in [0.29, 0.717) is 38.1 Å². The first-order chi connectivity index (χ1) is 23.0. The molecule has 266 valence electrons. The van der Waals surface area contributed by atoms with Gasteiger partial charge in [-0.3, -0.25) is 14.4 Å². The van der Waals surface area contributed by atoms with E-state index in [1.807, 2.05) is 50.9 Å². The number of fused-ring (bicyclic) bond motifs is 1. The number of hydrogen-bond donors (Lipinski definition) is 4. The number of likely N-dealkylation sites (N-methyl/N-ethyl adjacent to an activating group) is 1. The van der Waals surface area contributed by atoms with Crippen molar-refractivity contribution in [2.45, 2.75) is 128 Å².